The first kappa shape index (κ1) is 29.8. The van der Waals surface area contributed by atoms with E-state index in [1.165, 1.54) is 29.2 Å². The van der Waals surface area contributed by atoms with Crippen molar-refractivity contribution in [3.8, 4) is 0 Å². The van der Waals surface area contributed by atoms with Crippen LogP contribution >= 0.6 is 34.8 Å². The first-order chi connectivity index (χ1) is 18.1. The monoisotopic (exact) mass is 595 g/mol. The molecule has 0 spiro atoms. The van der Waals surface area contributed by atoms with Gasteiger partial charge in [0.15, 0.2) is 0 Å². The third-order valence-electron chi connectivity index (χ3n) is 5.85. The second-order valence-corrected chi connectivity index (χ2v) is 11.5. The SMILES string of the molecule is CCNC(=O)C(CC)N(Cc1c(Cl)cccc1Cl)C(=O)CN(c1ccc(Cl)cc1)S(=O)(=O)c1ccccc1. The molecular formula is C27H28Cl3N3O4S. The number of halogens is 3. The summed E-state index contributed by atoms with van der Waals surface area (Å²) in [6, 6.07) is 18.0. The Balaban J connectivity index is 2.08. The Morgan fingerprint density at radius 1 is 0.868 bits per heavy atom. The number of carbonyl (C=O) groups is 2. The Hall–Kier alpha value is -2.78. The van der Waals surface area contributed by atoms with E-state index in [9.17, 15) is 18.0 Å². The average Bonchev–Trinajstić information content (AvgIpc) is 2.90. The van der Waals surface area contributed by atoms with Gasteiger partial charge in [-0.15, -0.1) is 0 Å². The molecule has 3 aromatic rings. The van der Waals surface area contributed by atoms with Crippen LogP contribution in [0, 0.1) is 0 Å². The second-order valence-electron chi connectivity index (χ2n) is 8.34. The summed E-state index contributed by atoms with van der Waals surface area (Å²) in [4.78, 5) is 28.2. The van der Waals surface area contributed by atoms with E-state index >= 15 is 0 Å². The molecule has 0 aromatic heterocycles. The Morgan fingerprint density at radius 2 is 1.47 bits per heavy atom. The number of rotatable bonds is 11. The Kier molecular flexibility index (Phi) is 10.4. The van der Waals surface area contributed by atoms with Crippen LogP contribution in [0.3, 0.4) is 0 Å². The number of nitrogens with zero attached hydrogens (tertiary/aromatic N) is 2. The van der Waals surface area contributed by atoms with E-state index < -0.39 is 28.5 Å². The quantitative estimate of drug-likeness (QED) is 0.304. The van der Waals surface area contributed by atoms with Crippen molar-refractivity contribution in [2.45, 2.75) is 37.8 Å². The van der Waals surface area contributed by atoms with Crippen LogP contribution in [-0.4, -0.2) is 44.3 Å². The Labute approximate surface area is 238 Å². The predicted octanol–water partition coefficient (Wildman–Crippen LogP) is 5.79. The molecule has 0 aliphatic rings. The summed E-state index contributed by atoms with van der Waals surface area (Å²) >= 11 is 18.8. The molecule has 38 heavy (non-hydrogen) atoms. The Bertz CT molecular complexity index is 1350. The van der Waals surface area contributed by atoms with E-state index in [4.69, 9.17) is 34.8 Å². The third-order valence-corrected chi connectivity index (χ3v) is 8.60. The molecule has 11 heteroatoms. The molecule has 0 heterocycles. The van der Waals surface area contributed by atoms with Gasteiger partial charge in [-0.3, -0.25) is 13.9 Å². The molecule has 3 rings (SSSR count). The molecule has 0 bridgehead atoms. The maximum absolute atomic E-state index is 13.9. The number of hydrogen-bond donors (Lipinski definition) is 1. The van der Waals surface area contributed by atoms with Gasteiger partial charge in [-0.05, 0) is 61.9 Å². The fourth-order valence-corrected chi connectivity index (χ4v) is 6.00. The maximum Gasteiger partial charge on any atom is 0.264 e. The normalized spacial score (nSPS) is 12.0. The van der Waals surface area contributed by atoms with Gasteiger partial charge in [0, 0.05) is 33.7 Å². The average molecular weight is 597 g/mol. The van der Waals surface area contributed by atoms with Crippen molar-refractivity contribution >= 4 is 62.3 Å². The molecule has 0 saturated carbocycles. The minimum Gasteiger partial charge on any atom is -0.355 e. The zero-order chi connectivity index (χ0) is 27.9. The molecule has 1 unspecified atom stereocenters. The van der Waals surface area contributed by atoms with Crippen LogP contribution in [0.15, 0.2) is 77.7 Å². The highest BCUT2D eigenvalue weighted by Gasteiger charge is 2.34. The van der Waals surface area contributed by atoms with Crippen LogP contribution in [0.5, 0.6) is 0 Å². The smallest absolute Gasteiger partial charge is 0.264 e. The predicted molar refractivity (Wildman–Crippen MR) is 152 cm³/mol. The number of hydrogen-bond acceptors (Lipinski definition) is 4. The lowest BCUT2D eigenvalue weighted by Gasteiger charge is -2.33. The van der Waals surface area contributed by atoms with Crippen molar-refractivity contribution < 1.29 is 18.0 Å². The molecule has 0 saturated heterocycles. The number of benzene rings is 3. The van der Waals surface area contributed by atoms with E-state index in [0.29, 0.717) is 27.2 Å². The van der Waals surface area contributed by atoms with Gasteiger partial charge < -0.3 is 10.2 Å². The first-order valence-corrected chi connectivity index (χ1v) is 14.5. The van der Waals surface area contributed by atoms with Gasteiger partial charge in [0.1, 0.15) is 12.6 Å². The molecule has 0 fully saturated rings. The van der Waals surface area contributed by atoms with Crippen molar-refractivity contribution in [3.63, 3.8) is 0 Å². The summed E-state index contributed by atoms with van der Waals surface area (Å²) in [6.45, 7) is 3.25. The number of likely N-dealkylation sites (N-methyl/N-ethyl adjacent to an activating group) is 1. The van der Waals surface area contributed by atoms with Crippen LogP contribution in [0.1, 0.15) is 25.8 Å². The molecule has 0 aliphatic carbocycles. The largest absolute Gasteiger partial charge is 0.355 e. The molecule has 0 radical (unpaired) electrons. The van der Waals surface area contributed by atoms with Crippen LogP contribution in [0.25, 0.3) is 0 Å². The zero-order valence-electron chi connectivity index (χ0n) is 20.9. The van der Waals surface area contributed by atoms with Crippen molar-refractivity contribution in [1.29, 1.82) is 0 Å². The minimum atomic E-state index is -4.16. The molecule has 2 amide bonds. The van der Waals surface area contributed by atoms with Crippen LogP contribution in [-0.2, 0) is 26.2 Å². The van der Waals surface area contributed by atoms with Gasteiger partial charge in [0.05, 0.1) is 10.6 Å². The van der Waals surface area contributed by atoms with Gasteiger partial charge in [-0.2, -0.15) is 0 Å². The molecule has 1 atom stereocenters. The van der Waals surface area contributed by atoms with Crippen LogP contribution in [0.4, 0.5) is 5.69 Å². The number of amides is 2. The highest BCUT2D eigenvalue weighted by atomic mass is 35.5. The zero-order valence-corrected chi connectivity index (χ0v) is 24.0. The number of nitrogens with one attached hydrogen (secondary N) is 1. The second kappa shape index (κ2) is 13.3. The van der Waals surface area contributed by atoms with Crippen molar-refractivity contribution in [3.05, 3.63) is 93.4 Å². The lowest BCUT2D eigenvalue weighted by molar-refractivity contribution is -0.140. The highest BCUT2D eigenvalue weighted by molar-refractivity contribution is 7.92. The fraction of sp³-hybridized carbons (Fsp3) is 0.259. The summed E-state index contributed by atoms with van der Waals surface area (Å²) in [5, 5.41) is 3.81. The minimum absolute atomic E-state index is 0.0132. The molecule has 0 aliphatic heterocycles. The summed E-state index contributed by atoms with van der Waals surface area (Å²) in [5.41, 5.74) is 0.698. The van der Waals surface area contributed by atoms with Crippen molar-refractivity contribution in [2.75, 3.05) is 17.4 Å². The van der Waals surface area contributed by atoms with E-state index in [2.05, 4.69) is 5.32 Å². The summed E-state index contributed by atoms with van der Waals surface area (Å²) in [6.07, 6.45) is 0.284. The topological polar surface area (TPSA) is 86.8 Å². The van der Waals surface area contributed by atoms with E-state index in [1.807, 2.05) is 0 Å². The van der Waals surface area contributed by atoms with E-state index in [1.54, 1.807) is 62.4 Å². The maximum atomic E-state index is 13.9. The van der Waals surface area contributed by atoms with Gasteiger partial charge in [0.25, 0.3) is 10.0 Å². The van der Waals surface area contributed by atoms with E-state index in [0.717, 1.165) is 4.31 Å². The standard InChI is InChI=1S/C27H28Cl3N3O4S/c1-3-25(27(35)31-4-2)32(17-22-23(29)11-8-12-24(22)30)26(34)18-33(20-15-13-19(28)14-16-20)38(36,37)21-9-6-5-7-10-21/h5-16,25H,3-4,17-18H2,1-2H3,(H,31,35). The van der Waals surface area contributed by atoms with E-state index in [-0.39, 0.29) is 29.5 Å². The fourth-order valence-electron chi connectivity index (χ4n) is 3.92. The van der Waals surface area contributed by atoms with Gasteiger partial charge in [-0.25, -0.2) is 8.42 Å². The first-order valence-electron chi connectivity index (χ1n) is 11.9. The van der Waals surface area contributed by atoms with Crippen molar-refractivity contribution in [2.24, 2.45) is 0 Å². The molecule has 7 nitrogen and oxygen atoms in total. The summed E-state index contributed by atoms with van der Waals surface area (Å²) < 4.78 is 28.4. The number of carbonyl (C=O) groups excluding carboxylic acids is 2. The lowest BCUT2D eigenvalue weighted by atomic mass is 10.1. The molecule has 1 N–H and O–H groups in total. The van der Waals surface area contributed by atoms with Crippen LogP contribution < -0.4 is 9.62 Å². The molecule has 3 aromatic carbocycles. The molecular weight excluding hydrogens is 569 g/mol. The summed E-state index contributed by atoms with van der Waals surface area (Å²) in [7, 11) is -4.16. The Morgan fingerprint density at radius 3 is 2.03 bits per heavy atom. The van der Waals surface area contributed by atoms with Gasteiger partial charge >= 0.3 is 0 Å². The number of sulfonamides is 1. The van der Waals surface area contributed by atoms with Crippen molar-refractivity contribution in [1.82, 2.24) is 10.2 Å². The van der Waals surface area contributed by atoms with Crippen LogP contribution in [0.2, 0.25) is 15.1 Å². The third kappa shape index (κ3) is 6.99. The summed E-state index contributed by atoms with van der Waals surface area (Å²) in [5.74, 6) is -0.968. The number of anilines is 1. The highest BCUT2D eigenvalue weighted by Crippen LogP contribution is 2.29. The lowest BCUT2D eigenvalue weighted by Crippen LogP contribution is -2.52. The van der Waals surface area contributed by atoms with Gasteiger partial charge in [0.2, 0.25) is 11.8 Å². The molecule has 202 valence electrons. The van der Waals surface area contributed by atoms with Gasteiger partial charge in [-0.1, -0.05) is 66.0 Å².